The second-order valence-corrected chi connectivity index (χ2v) is 4.43. The first-order valence-electron chi connectivity index (χ1n) is 5.88. The van der Waals surface area contributed by atoms with Gasteiger partial charge in [0.25, 0.3) is 0 Å². The van der Waals surface area contributed by atoms with Gasteiger partial charge in [-0.25, -0.2) is 0 Å². The van der Waals surface area contributed by atoms with Crippen LogP contribution in [-0.4, -0.2) is 4.98 Å². The molecule has 1 aromatic heterocycles. The highest BCUT2D eigenvalue weighted by Crippen LogP contribution is 2.18. The van der Waals surface area contributed by atoms with Gasteiger partial charge in [0.15, 0.2) is 0 Å². The van der Waals surface area contributed by atoms with E-state index in [1.807, 2.05) is 6.20 Å². The third-order valence-electron chi connectivity index (χ3n) is 3.04. The third-order valence-corrected chi connectivity index (χ3v) is 3.04. The first-order valence-corrected chi connectivity index (χ1v) is 5.88. The summed E-state index contributed by atoms with van der Waals surface area (Å²) in [6.07, 6.45) is 1.90. The lowest BCUT2D eigenvalue weighted by atomic mass is 10.1. The van der Waals surface area contributed by atoms with E-state index in [2.05, 4.69) is 61.4 Å². The standard InChI is InChI=1S/C15H18N2/c1-11-7-8-14(16-9-11)10-17-15-6-4-5-12(2)13(15)3/h4-9,17H,10H2,1-3H3. The number of anilines is 1. The van der Waals surface area contributed by atoms with Crippen molar-refractivity contribution in [1.29, 1.82) is 0 Å². The molecule has 0 aliphatic rings. The molecule has 2 nitrogen and oxygen atoms in total. The highest BCUT2D eigenvalue weighted by Gasteiger charge is 2.00. The number of hydrogen-bond donors (Lipinski definition) is 1. The molecule has 88 valence electrons. The summed E-state index contributed by atoms with van der Waals surface area (Å²) in [5.74, 6) is 0. The molecule has 1 aromatic carbocycles. The first kappa shape index (κ1) is 11.6. The molecule has 0 radical (unpaired) electrons. The molecule has 0 atom stereocenters. The maximum Gasteiger partial charge on any atom is 0.0594 e. The largest absolute Gasteiger partial charge is 0.379 e. The molecule has 0 amide bonds. The van der Waals surface area contributed by atoms with Crippen LogP contribution in [0.4, 0.5) is 5.69 Å². The summed E-state index contributed by atoms with van der Waals surface area (Å²) < 4.78 is 0. The maximum atomic E-state index is 4.38. The van der Waals surface area contributed by atoms with E-state index in [1.54, 1.807) is 0 Å². The van der Waals surface area contributed by atoms with Crippen LogP contribution in [0.5, 0.6) is 0 Å². The zero-order chi connectivity index (χ0) is 12.3. The summed E-state index contributed by atoms with van der Waals surface area (Å²) in [4.78, 5) is 4.38. The van der Waals surface area contributed by atoms with Crippen molar-refractivity contribution >= 4 is 5.69 Å². The number of hydrogen-bond acceptors (Lipinski definition) is 2. The van der Waals surface area contributed by atoms with Crippen LogP contribution < -0.4 is 5.32 Å². The van der Waals surface area contributed by atoms with Crippen molar-refractivity contribution in [2.45, 2.75) is 27.3 Å². The summed E-state index contributed by atoms with van der Waals surface area (Å²) in [6.45, 7) is 7.09. The molecular formula is C15H18N2. The fourth-order valence-corrected chi connectivity index (χ4v) is 1.73. The average molecular weight is 226 g/mol. The Balaban J connectivity index is 2.07. The van der Waals surface area contributed by atoms with Crippen molar-refractivity contribution in [1.82, 2.24) is 4.98 Å². The highest BCUT2D eigenvalue weighted by molar-refractivity contribution is 5.53. The van der Waals surface area contributed by atoms with Crippen LogP contribution >= 0.6 is 0 Å². The van der Waals surface area contributed by atoms with Crippen LogP contribution in [0.1, 0.15) is 22.4 Å². The van der Waals surface area contributed by atoms with E-state index in [4.69, 9.17) is 0 Å². The van der Waals surface area contributed by atoms with E-state index in [0.29, 0.717) is 0 Å². The van der Waals surface area contributed by atoms with Crippen molar-refractivity contribution < 1.29 is 0 Å². The van der Waals surface area contributed by atoms with Crippen LogP contribution in [0.25, 0.3) is 0 Å². The van der Waals surface area contributed by atoms with E-state index in [1.165, 1.54) is 22.4 Å². The van der Waals surface area contributed by atoms with E-state index in [9.17, 15) is 0 Å². The molecule has 0 unspecified atom stereocenters. The molecule has 0 saturated heterocycles. The summed E-state index contributed by atoms with van der Waals surface area (Å²) in [6, 6.07) is 10.5. The Morgan fingerprint density at radius 1 is 1.06 bits per heavy atom. The lowest BCUT2D eigenvalue weighted by molar-refractivity contribution is 1.03. The minimum Gasteiger partial charge on any atom is -0.379 e. The van der Waals surface area contributed by atoms with Gasteiger partial charge in [0.05, 0.1) is 12.2 Å². The number of nitrogens with one attached hydrogen (secondary N) is 1. The van der Waals surface area contributed by atoms with Gasteiger partial charge >= 0.3 is 0 Å². The Kier molecular flexibility index (Phi) is 3.43. The molecule has 2 rings (SSSR count). The summed E-state index contributed by atoms with van der Waals surface area (Å²) in [5, 5.41) is 3.43. The average Bonchev–Trinajstić information content (AvgIpc) is 2.33. The minimum atomic E-state index is 0.768. The van der Waals surface area contributed by atoms with Crippen molar-refractivity contribution in [2.24, 2.45) is 0 Å². The summed E-state index contributed by atoms with van der Waals surface area (Å²) in [7, 11) is 0. The number of benzene rings is 1. The third kappa shape index (κ3) is 2.84. The van der Waals surface area contributed by atoms with E-state index >= 15 is 0 Å². The van der Waals surface area contributed by atoms with Crippen molar-refractivity contribution in [3.63, 3.8) is 0 Å². The minimum absolute atomic E-state index is 0.768. The quantitative estimate of drug-likeness (QED) is 0.864. The van der Waals surface area contributed by atoms with Crippen LogP contribution in [0, 0.1) is 20.8 Å². The van der Waals surface area contributed by atoms with Crippen molar-refractivity contribution in [3.05, 3.63) is 58.9 Å². The lowest BCUT2D eigenvalue weighted by Gasteiger charge is -2.11. The van der Waals surface area contributed by atoms with Gasteiger partial charge in [0, 0.05) is 11.9 Å². The summed E-state index contributed by atoms with van der Waals surface area (Å²) >= 11 is 0. The van der Waals surface area contributed by atoms with Crippen LogP contribution in [-0.2, 0) is 6.54 Å². The number of nitrogens with zero attached hydrogens (tertiary/aromatic N) is 1. The van der Waals surface area contributed by atoms with Gasteiger partial charge in [-0.05, 0) is 49.6 Å². The number of rotatable bonds is 3. The fraction of sp³-hybridized carbons (Fsp3) is 0.267. The topological polar surface area (TPSA) is 24.9 Å². The van der Waals surface area contributed by atoms with Crippen LogP contribution in [0.15, 0.2) is 36.5 Å². The molecule has 1 N–H and O–H groups in total. The van der Waals surface area contributed by atoms with Gasteiger partial charge in [-0.1, -0.05) is 18.2 Å². The number of aryl methyl sites for hydroxylation is 2. The van der Waals surface area contributed by atoms with Gasteiger partial charge in [0.1, 0.15) is 0 Å². The van der Waals surface area contributed by atoms with Crippen molar-refractivity contribution in [2.75, 3.05) is 5.32 Å². The smallest absolute Gasteiger partial charge is 0.0594 e. The first-order chi connectivity index (χ1) is 8.16. The molecule has 0 aliphatic carbocycles. The molecule has 0 aliphatic heterocycles. The molecule has 0 fully saturated rings. The predicted molar refractivity (Wildman–Crippen MR) is 72.2 cm³/mol. The Morgan fingerprint density at radius 2 is 1.88 bits per heavy atom. The molecule has 0 spiro atoms. The fourth-order valence-electron chi connectivity index (χ4n) is 1.73. The van der Waals surface area contributed by atoms with Gasteiger partial charge in [-0.15, -0.1) is 0 Å². The monoisotopic (exact) mass is 226 g/mol. The molecule has 1 heterocycles. The Bertz CT molecular complexity index is 501. The SMILES string of the molecule is Cc1ccc(CNc2cccc(C)c2C)nc1. The molecule has 2 aromatic rings. The lowest BCUT2D eigenvalue weighted by Crippen LogP contribution is -2.03. The number of pyridine rings is 1. The zero-order valence-corrected chi connectivity index (χ0v) is 10.6. The van der Waals surface area contributed by atoms with Gasteiger partial charge in [0.2, 0.25) is 0 Å². The molecule has 0 saturated carbocycles. The molecule has 17 heavy (non-hydrogen) atoms. The van der Waals surface area contributed by atoms with E-state index in [-0.39, 0.29) is 0 Å². The normalized spacial score (nSPS) is 10.3. The Morgan fingerprint density at radius 3 is 2.59 bits per heavy atom. The van der Waals surface area contributed by atoms with Gasteiger partial charge in [-0.2, -0.15) is 0 Å². The summed E-state index contributed by atoms with van der Waals surface area (Å²) in [5.41, 5.74) is 6.07. The molecule has 2 heteroatoms. The second-order valence-electron chi connectivity index (χ2n) is 4.43. The predicted octanol–water partition coefficient (Wildman–Crippen LogP) is 3.62. The highest BCUT2D eigenvalue weighted by atomic mass is 14.9. The van der Waals surface area contributed by atoms with E-state index < -0.39 is 0 Å². The maximum absolute atomic E-state index is 4.38. The Hall–Kier alpha value is -1.83. The Labute approximate surface area is 103 Å². The molecular weight excluding hydrogens is 208 g/mol. The van der Waals surface area contributed by atoms with Gasteiger partial charge in [-0.3, -0.25) is 4.98 Å². The molecule has 0 bridgehead atoms. The second kappa shape index (κ2) is 5.00. The van der Waals surface area contributed by atoms with Crippen LogP contribution in [0.2, 0.25) is 0 Å². The number of aromatic nitrogens is 1. The van der Waals surface area contributed by atoms with Crippen molar-refractivity contribution in [3.8, 4) is 0 Å². The zero-order valence-electron chi connectivity index (χ0n) is 10.6. The van der Waals surface area contributed by atoms with E-state index in [0.717, 1.165) is 12.2 Å². The van der Waals surface area contributed by atoms with Gasteiger partial charge < -0.3 is 5.32 Å². The van der Waals surface area contributed by atoms with Crippen LogP contribution in [0.3, 0.4) is 0 Å².